The molecule has 20 heavy (non-hydrogen) atoms. The molecule has 0 spiro atoms. The van der Waals surface area contributed by atoms with Gasteiger partial charge in [-0.15, -0.1) is 0 Å². The van der Waals surface area contributed by atoms with Crippen molar-refractivity contribution in [3.63, 3.8) is 0 Å². The van der Waals surface area contributed by atoms with Crippen LogP contribution < -0.4 is 4.74 Å². The van der Waals surface area contributed by atoms with Gasteiger partial charge in [0.1, 0.15) is 12.4 Å². The zero-order valence-electron chi connectivity index (χ0n) is 10.1. The average molecular weight is 279 g/mol. The van der Waals surface area contributed by atoms with Gasteiger partial charge in [0.25, 0.3) is 0 Å². The molecule has 7 heteroatoms. The van der Waals surface area contributed by atoms with E-state index in [1.54, 1.807) is 12.1 Å². The first-order valence-electron chi connectivity index (χ1n) is 5.51. The van der Waals surface area contributed by atoms with Crippen LogP contribution in [-0.4, -0.2) is 9.97 Å². The van der Waals surface area contributed by atoms with Gasteiger partial charge in [0.05, 0.1) is 17.2 Å². The smallest absolute Gasteiger partial charge is 0.420 e. The summed E-state index contributed by atoms with van der Waals surface area (Å²) in [5, 5.41) is 8.65. The Morgan fingerprint density at radius 3 is 2.50 bits per heavy atom. The minimum atomic E-state index is -4.60. The quantitative estimate of drug-likeness (QED) is 0.866. The van der Waals surface area contributed by atoms with E-state index >= 15 is 0 Å². The minimum absolute atomic E-state index is 0.0827. The Hall–Kier alpha value is -2.62. The number of nitriles is 1. The molecule has 0 radical (unpaired) electrons. The van der Waals surface area contributed by atoms with E-state index in [1.807, 2.05) is 0 Å². The van der Waals surface area contributed by atoms with Crippen molar-refractivity contribution >= 4 is 0 Å². The summed E-state index contributed by atoms with van der Waals surface area (Å²) in [6.07, 6.45) is -1.66. The lowest BCUT2D eigenvalue weighted by molar-refractivity contribution is -0.139. The highest BCUT2D eigenvalue weighted by Crippen LogP contribution is 2.36. The first kappa shape index (κ1) is 13.8. The maximum absolute atomic E-state index is 12.9. The molecule has 102 valence electrons. The summed E-state index contributed by atoms with van der Waals surface area (Å²) >= 11 is 0. The number of halogens is 3. The topological polar surface area (TPSA) is 58.8 Å². The zero-order valence-corrected chi connectivity index (χ0v) is 10.1. The number of ether oxygens (including phenoxy) is 1. The molecule has 0 amide bonds. The molecule has 0 fully saturated rings. The zero-order chi connectivity index (χ0) is 14.6. The molecule has 2 rings (SSSR count). The van der Waals surface area contributed by atoms with Crippen molar-refractivity contribution in [2.45, 2.75) is 12.8 Å². The average Bonchev–Trinajstić information content (AvgIpc) is 2.45. The molecular formula is C13H8F3N3O. The number of rotatable bonds is 3. The van der Waals surface area contributed by atoms with Crippen LogP contribution in [0.25, 0.3) is 0 Å². The van der Waals surface area contributed by atoms with E-state index in [9.17, 15) is 13.2 Å². The fraction of sp³-hybridized carbons (Fsp3) is 0.154. The molecule has 0 N–H and O–H groups in total. The lowest BCUT2D eigenvalue weighted by atomic mass is 10.1. The third kappa shape index (κ3) is 3.23. The van der Waals surface area contributed by atoms with Crippen molar-refractivity contribution in [2.24, 2.45) is 0 Å². The normalized spacial score (nSPS) is 10.9. The number of benzene rings is 1. The van der Waals surface area contributed by atoms with Crippen molar-refractivity contribution in [3.05, 3.63) is 53.6 Å². The third-order valence-corrected chi connectivity index (χ3v) is 2.39. The van der Waals surface area contributed by atoms with Gasteiger partial charge in [-0.25, -0.2) is 9.97 Å². The number of aromatic nitrogens is 2. The summed E-state index contributed by atoms with van der Waals surface area (Å²) in [4.78, 5) is 7.70. The third-order valence-electron chi connectivity index (χ3n) is 2.39. The second-order valence-corrected chi connectivity index (χ2v) is 3.77. The highest BCUT2D eigenvalue weighted by molar-refractivity contribution is 5.43. The molecule has 0 saturated carbocycles. The van der Waals surface area contributed by atoms with Crippen LogP contribution >= 0.6 is 0 Å². The Balaban J connectivity index is 2.25. The number of nitrogens with zero attached hydrogens (tertiary/aromatic N) is 3. The molecule has 0 aliphatic rings. The molecular weight excluding hydrogens is 271 g/mol. The van der Waals surface area contributed by atoms with E-state index in [1.165, 1.54) is 18.5 Å². The second kappa shape index (κ2) is 5.57. The van der Waals surface area contributed by atoms with Crippen LogP contribution in [0.5, 0.6) is 5.75 Å². The minimum Gasteiger partial charge on any atom is -0.485 e. The van der Waals surface area contributed by atoms with E-state index in [2.05, 4.69) is 9.97 Å². The summed E-state index contributed by atoms with van der Waals surface area (Å²) in [6.45, 7) is -0.185. The van der Waals surface area contributed by atoms with Crippen LogP contribution in [0.4, 0.5) is 13.2 Å². The van der Waals surface area contributed by atoms with Gasteiger partial charge < -0.3 is 4.74 Å². The molecule has 1 aromatic heterocycles. The fourth-order valence-electron chi connectivity index (χ4n) is 1.49. The molecule has 0 saturated heterocycles. The summed E-state index contributed by atoms with van der Waals surface area (Å²) < 4.78 is 43.7. The lowest BCUT2D eigenvalue weighted by Gasteiger charge is -2.13. The van der Waals surface area contributed by atoms with E-state index in [0.717, 1.165) is 12.1 Å². The van der Waals surface area contributed by atoms with Crippen molar-refractivity contribution in [2.75, 3.05) is 0 Å². The monoisotopic (exact) mass is 279 g/mol. The maximum Gasteiger partial charge on any atom is 0.420 e. The molecule has 0 unspecified atom stereocenters. The fourth-order valence-corrected chi connectivity index (χ4v) is 1.49. The van der Waals surface area contributed by atoms with E-state index in [4.69, 9.17) is 10.00 Å². The number of hydrogen-bond donors (Lipinski definition) is 0. The first-order chi connectivity index (χ1) is 9.50. The van der Waals surface area contributed by atoms with E-state index in [-0.39, 0.29) is 23.7 Å². The summed E-state index contributed by atoms with van der Waals surface area (Å²) in [7, 11) is 0. The maximum atomic E-state index is 12.9. The van der Waals surface area contributed by atoms with Crippen LogP contribution in [-0.2, 0) is 12.8 Å². The number of hydrogen-bond acceptors (Lipinski definition) is 4. The predicted molar refractivity (Wildman–Crippen MR) is 62.5 cm³/mol. The summed E-state index contributed by atoms with van der Waals surface area (Å²) in [5.74, 6) is -0.0889. The molecule has 0 bridgehead atoms. The Morgan fingerprint density at radius 2 is 1.90 bits per heavy atom. The van der Waals surface area contributed by atoms with Gasteiger partial charge >= 0.3 is 6.18 Å². The van der Waals surface area contributed by atoms with Crippen molar-refractivity contribution in [3.8, 4) is 11.8 Å². The first-order valence-corrected chi connectivity index (χ1v) is 5.51. The number of alkyl halides is 3. The Labute approximate surface area is 112 Å². The summed E-state index contributed by atoms with van der Waals surface area (Å²) in [6, 6.07) is 6.38. The van der Waals surface area contributed by atoms with Crippen molar-refractivity contribution < 1.29 is 17.9 Å². The van der Waals surface area contributed by atoms with Crippen LogP contribution in [0.1, 0.15) is 17.0 Å². The predicted octanol–water partition coefficient (Wildman–Crippen LogP) is 2.95. The van der Waals surface area contributed by atoms with Crippen LogP contribution in [0.3, 0.4) is 0 Å². The van der Waals surface area contributed by atoms with Crippen LogP contribution in [0.2, 0.25) is 0 Å². The molecule has 4 nitrogen and oxygen atoms in total. The van der Waals surface area contributed by atoms with Gasteiger partial charge in [-0.3, -0.25) is 0 Å². The van der Waals surface area contributed by atoms with E-state index in [0.29, 0.717) is 0 Å². The Morgan fingerprint density at radius 1 is 1.20 bits per heavy atom. The highest BCUT2D eigenvalue weighted by atomic mass is 19.4. The van der Waals surface area contributed by atoms with Crippen molar-refractivity contribution in [1.82, 2.24) is 9.97 Å². The standard InChI is InChI=1S/C13H8F3N3O/c14-13(15,16)10-6-9(7-17)2-3-11(10)20-8-12-18-4-1-5-19-12/h1-6H,8H2. The molecule has 1 aromatic carbocycles. The largest absolute Gasteiger partial charge is 0.485 e. The van der Waals surface area contributed by atoms with Gasteiger partial charge in [0, 0.05) is 12.4 Å². The Bertz CT molecular complexity index is 636. The van der Waals surface area contributed by atoms with Crippen molar-refractivity contribution in [1.29, 1.82) is 5.26 Å². The molecule has 1 heterocycles. The van der Waals surface area contributed by atoms with Crippen LogP contribution in [0.15, 0.2) is 36.7 Å². The molecule has 2 aromatic rings. The Kier molecular flexibility index (Phi) is 3.84. The van der Waals surface area contributed by atoms with Gasteiger partial charge in [0.2, 0.25) is 0 Å². The van der Waals surface area contributed by atoms with Gasteiger partial charge in [0.15, 0.2) is 5.82 Å². The molecule has 0 aliphatic carbocycles. The molecule has 0 atom stereocenters. The second-order valence-electron chi connectivity index (χ2n) is 3.77. The van der Waals surface area contributed by atoms with Gasteiger partial charge in [-0.2, -0.15) is 18.4 Å². The molecule has 0 aliphatic heterocycles. The van der Waals surface area contributed by atoms with E-state index < -0.39 is 11.7 Å². The highest BCUT2D eigenvalue weighted by Gasteiger charge is 2.34. The lowest BCUT2D eigenvalue weighted by Crippen LogP contribution is -2.10. The SMILES string of the molecule is N#Cc1ccc(OCc2ncccn2)c(C(F)(F)F)c1. The van der Waals surface area contributed by atoms with Gasteiger partial charge in [-0.05, 0) is 24.3 Å². The summed E-state index contributed by atoms with van der Waals surface area (Å²) in [5.41, 5.74) is -1.08. The van der Waals surface area contributed by atoms with Gasteiger partial charge in [-0.1, -0.05) is 0 Å². The van der Waals surface area contributed by atoms with Crippen LogP contribution in [0, 0.1) is 11.3 Å².